The normalized spacial score (nSPS) is 10.7. The quantitative estimate of drug-likeness (QED) is 0.503. The van der Waals surface area contributed by atoms with E-state index >= 15 is 0 Å². The van der Waals surface area contributed by atoms with Gasteiger partial charge >= 0.3 is 0 Å². The lowest BCUT2D eigenvalue weighted by atomic mass is 10.5. The van der Waals surface area contributed by atoms with Gasteiger partial charge in [-0.25, -0.2) is 0 Å². The summed E-state index contributed by atoms with van der Waals surface area (Å²) >= 11 is 5.79. The van der Waals surface area contributed by atoms with E-state index in [2.05, 4.69) is 41.3 Å². The Bertz CT molecular complexity index is 327. The van der Waals surface area contributed by atoms with Gasteiger partial charge in [0.05, 0.1) is 5.02 Å². The number of nitrogens with zero attached hydrogens (tertiary/aromatic N) is 1. The van der Waals surface area contributed by atoms with Crippen LogP contribution < -0.4 is 0 Å². The number of nitrogens with one attached hydrogen (secondary N) is 1. The summed E-state index contributed by atoms with van der Waals surface area (Å²) in [4.78, 5) is 0. The third-order valence-electron chi connectivity index (χ3n) is 1.15. The van der Waals surface area contributed by atoms with Gasteiger partial charge in [-0.05, 0) is 0 Å². The highest BCUT2D eigenvalue weighted by molar-refractivity contribution is 6.83. The second-order valence-electron chi connectivity index (χ2n) is 3.58. The number of H-pyrrole nitrogens is 1. The molecule has 4 heteroatoms. The lowest BCUT2D eigenvalue weighted by Gasteiger charge is -2.02. The van der Waals surface area contributed by atoms with Crippen molar-refractivity contribution >= 4 is 19.7 Å². The molecule has 1 aromatic rings. The highest BCUT2D eigenvalue weighted by Crippen LogP contribution is 2.09. The van der Waals surface area contributed by atoms with Crippen molar-refractivity contribution in [2.45, 2.75) is 19.6 Å². The Morgan fingerprint density at radius 1 is 1.50 bits per heavy atom. The van der Waals surface area contributed by atoms with E-state index in [1.807, 2.05) is 0 Å². The van der Waals surface area contributed by atoms with Gasteiger partial charge in [0.15, 0.2) is 5.69 Å². The van der Waals surface area contributed by atoms with Crippen LogP contribution in [0.1, 0.15) is 5.69 Å². The molecule has 64 valence electrons. The van der Waals surface area contributed by atoms with Crippen LogP contribution in [0.5, 0.6) is 0 Å². The molecule has 0 aliphatic carbocycles. The van der Waals surface area contributed by atoms with E-state index in [1.165, 1.54) is 0 Å². The standard InChI is InChI=1S/C8H11ClN2Si/c1-12(2,3)5-4-8-7(9)6-10-11-8/h6H,1-3H3,(H,10,11). The van der Waals surface area contributed by atoms with Gasteiger partial charge in [-0.2, -0.15) is 5.10 Å². The molecule has 2 nitrogen and oxygen atoms in total. The van der Waals surface area contributed by atoms with Crippen molar-refractivity contribution < 1.29 is 0 Å². The molecule has 0 aliphatic rings. The van der Waals surface area contributed by atoms with Crippen LogP contribution >= 0.6 is 11.6 Å². The van der Waals surface area contributed by atoms with Crippen molar-refractivity contribution in [3.63, 3.8) is 0 Å². The Hall–Kier alpha value is -0.723. The van der Waals surface area contributed by atoms with Gasteiger partial charge in [0.25, 0.3) is 0 Å². The predicted octanol–water partition coefficient (Wildman–Crippen LogP) is 2.29. The zero-order valence-electron chi connectivity index (χ0n) is 7.40. The van der Waals surface area contributed by atoms with Crippen LogP contribution in [0.4, 0.5) is 0 Å². The van der Waals surface area contributed by atoms with E-state index in [0.717, 1.165) is 0 Å². The van der Waals surface area contributed by atoms with Gasteiger partial charge in [-0.3, -0.25) is 5.10 Å². The van der Waals surface area contributed by atoms with E-state index < -0.39 is 8.07 Å². The largest absolute Gasteiger partial charge is 0.283 e. The molecule has 0 aliphatic heterocycles. The number of halogens is 1. The van der Waals surface area contributed by atoms with Gasteiger partial charge < -0.3 is 0 Å². The lowest BCUT2D eigenvalue weighted by Crippen LogP contribution is -2.16. The van der Waals surface area contributed by atoms with Crippen LogP contribution in [-0.2, 0) is 0 Å². The average molecular weight is 199 g/mol. The number of hydrogen-bond acceptors (Lipinski definition) is 1. The molecule has 0 fully saturated rings. The lowest BCUT2D eigenvalue weighted by molar-refractivity contribution is 1.08. The van der Waals surface area contributed by atoms with Crippen LogP contribution in [0.25, 0.3) is 0 Å². The molecule has 0 atom stereocenters. The zero-order valence-corrected chi connectivity index (χ0v) is 9.16. The Balaban J connectivity index is 2.87. The Labute approximate surface area is 78.3 Å². The van der Waals surface area contributed by atoms with E-state index in [0.29, 0.717) is 10.7 Å². The maximum atomic E-state index is 5.79. The van der Waals surface area contributed by atoms with Gasteiger partial charge in [-0.15, -0.1) is 5.54 Å². The molecule has 1 rings (SSSR count). The maximum Gasteiger partial charge on any atom is 0.153 e. The number of rotatable bonds is 0. The van der Waals surface area contributed by atoms with Gasteiger partial charge in [0.2, 0.25) is 0 Å². The van der Waals surface area contributed by atoms with Crippen LogP contribution in [0.3, 0.4) is 0 Å². The highest BCUT2D eigenvalue weighted by Gasteiger charge is 2.08. The molecule has 0 amide bonds. The summed E-state index contributed by atoms with van der Waals surface area (Å²) < 4.78 is 0. The fourth-order valence-corrected chi connectivity index (χ4v) is 1.24. The van der Waals surface area contributed by atoms with Crippen molar-refractivity contribution in [2.75, 3.05) is 0 Å². The molecule has 1 N–H and O–H groups in total. The highest BCUT2D eigenvalue weighted by atomic mass is 35.5. The average Bonchev–Trinajstić information content (AvgIpc) is 2.29. The van der Waals surface area contributed by atoms with Crippen LogP contribution in [0.2, 0.25) is 24.7 Å². The molecule has 1 heterocycles. The number of aromatic nitrogens is 2. The summed E-state index contributed by atoms with van der Waals surface area (Å²) in [5.74, 6) is 2.97. The van der Waals surface area contributed by atoms with Gasteiger partial charge in [0, 0.05) is 6.20 Å². The molecule has 1 aromatic heterocycles. The molecule has 0 radical (unpaired) electrons. The molecule has 0 saturated heterocycles. The smallest absolute Gasteiger partial charge is 0.153 e. The third kappa shape index (κ3) is 2.72. The van der Waals surface area contributed by atoms with Crippen LogP contribution in [0, 0.1) is 11.5 Å². The summed E-state index contributed by atoms with van der Waals surface area (Å²) in [6.45, 7) is 6.54. The summed E-state index contributed by atoms with van der Waals surface area (Å²) in [6.07, 6.45) is 1.63. The number of aromatic amines is 1. The predicted molar refractivity (Wildman–Crippen MR) is 53.8 cm³/mol. The maximum absolute atomic E-state index is 5.79. The molecular weight excluding hydrogens is 188 g/mol. The minimum absolute atomic E-state index is 0.598. The molecule has 0 saturated carbocycles. The van der Waals surface area contributed by atoms with Gasteiger partial charge in [0.1, 0.15) is 8.07 Å². The fraction of sp³-hybridized carbons (Fsp3) is 0.375. The summed E-state index contributed by atoms with van der Waals surface area (Å²) in [7, 11) is -1.31. The first-order chi connectivity index (χ1) is 5.49. The van der Waals surface area contributed by atoms with Crippen molar-refractivity contribution in [1.29, 1.82) is 0 Å². The van der Waals surface area contributed by atoms with Gasteiger partial charge in [-0.1, -0.05) is 37.2 Å². The second kappa shape index (κ2) is 3.34. The minimum Gasteiger partial charge on any atom is -0.283 e. The monoisotopic (exact) mass is 198 g/mol. The minimum atomic E-state index is -1.31. The van der Waals surface area contributed by atoms with E-state index in [4.69, 9.17) is 11.6 Å². The summed E-state index contributed by atoms with van der Waals surface area (Å²) in [6, 6.07) is 0. The Morgan fingerprint density at radius 3 is 2.58 bits per heavy atom. The second-order valence-corrected chi connectivity index (χ2v) is 8.74. The third-order valence-corrected chi connectivity index (χ3v) is 2.31. The first-order valence-electron chi connectivity index (χ1n) is 3.71. The van der Waals surface area contributed by atoms with Crippen LogP contribution in [-0.4, -0.2) is 18.3 Å². The molecule has 0 spiro atoms. The Morgan fingerprint density at radius 2 is 2.17 bits per heavy atom. The number of hydrogen-bond donors (Lipinski definition) is 1. The summed E-state index contributed by atoms with van der Waals surface area (Å²) in [5.41, 5.74) is 3.84. The molecule has 0 bridgehead atoms. The molecule has 0 unspecified atom stereocenters. The first kappa shape index (κ1) is 9.37. The Kier molecular flexibility index (Phi) is 2.61. The fourth-order valence-electron chi connectivity index (χ4n) is 0.610. The SMILES string of the molecule is C[Si](C)(C)C#Cc1n[nH]cc1Cl. The molecule has 12 heavy (non-hydrogen) atoms. The summed E-state index contributed by atoms with van der Waals surface area (Å²) in [5, 5.41) is 7.17. The van der Waals surface area contributed by atoms with Crippen molar-refractivity contribution in [3.05, 3.63) is 16.9 Å². The topological polar surface area (TPSA) is 28.7 Å². The molecular formula is C8H11ClN2Si. The van der Waals surface area contributed by atoms with Crippen LogP contribution in [0.15, 0.2) is 6.20 Å². The van der Waals surface area contributed by atoms with E-state index in [9.17, 15) is 0 Å². The van der Waals surface area contributed by atoms with Crippen molar-refractivity contribution in [1.82, 2.24) is 10.2 Å². The van der Waals surface area contributed by atoms with Crippen molar-refractivity contribution in [3.8, 4) is 11.5 Å². The molecule has 0 aromatic carbocycles. The first-order valence-corrected chi connectivity index (χ1v) is 7.59. The van der Waals surface area contributed by atoms with Crippen molar-refractivity contribution in [2.24, 2.45) is 0 Å². The van der Waals surface area contributed by atoms with E-state index in [1.54, 1.807) is 6.20 Å². The zero-order chi connectivity index (χ0) is 9.19. The van der Waals surface area contributed by atoms with E-state index in [-0.39, 0.29) is 0 Å².